The average Bonchev–Trinajstić information content (AvgIpc) is 2.76. The predicted octanol–water partition coefficient (Wildman–Crippen LogP) is 5.57. The second-order valence-corrected chi connectivity index (χ2v) is 6.21. The number of nitrogens with one attached hydrogen (secondary N) is 1. The molecule has 0 spiro atoms. The van der Waals surface area contributed by atoms with Gasteiger partial charge in [-0.15, -0.1) is 0 Å². The van der Waals surface area contributed by atoms with Crippen molar-refractivity contribution in [2.45, 2.75) is 27.4 Å². The molecule has 0 fully saturated rings. The summed E-state index contributed by atoms with van der Waals surface area (Å²) in [6, 6.07) is 11.7. The normalized spacial score (nSPS) is 9.70. The van der Waals surface area contributed by atoms with Crippen LogP contribution in [0.1, 0.15) is 30.5 Å². The highest BCUT2D eigenvalue weighted by Crippen LogP contribution is 2.29. The van der Waals surface area contributed by atoms with Gasteiger partial charge in [0, 0.05) is 16.7 Å². The minimum atomic E-state index is -0.466. The molecule has 1 aromatic heterocycles. The number of nitrogens with zero attached hydrogens (tertiary/aromatic N) is 4. The van der Waals surface area contributed by atoms with E-state index in [2.05, 4.69) is 15.3 Å². The van der Waals surface area contributed by atoms with Crippen molar-refractivity contribution < 1.29 is 9.66 Å². The average molecular weight is 426 g/mol. The zero-order chi connectivity index (χ0) is 22.1. The number of nitro benzene ring substituents is 1. The lowest BCUT2D eigenvalue weighted by molar-refractivity contribution is -0.384. The van der Waals surface area contributed by atoms with Gasteiger partial charge in [-0.2, -0.15) is 5.26 Å². The van der Waals surface area contributed by atoms with E-state index in [-0.39, 0.29) is 18.2 Å². The van der Waals surface area contributed by atoms with Gasteiger partial charge < -0.3 is 10.1 Å². The SMILES string of the molecule is CC.Cc1cccc([N+](=O)[O-])c1Nc1ncc(OCc2cc(C#N)ccc2Cl)cn1. The van der Waals surface area contributed by atoms with Crippen molar-refractivity contribution in [3.05, 3.63) is 80.6 Å². The van der Waals surface area contributed by atoms with Crippen molar-refractivity contribution in [2.75, 3.05) is 5.32 Å². The second-order valence-electron chi connectivity index (χ2n) is 5.80. The molecule has 0 amide bonds. The van der Waals surface area contributed by atoms with Gasteiger partial charge in [0.2, 0.25) is 5.95 Å². The Balaban J connectivity index is 0.00000155. The third kappa shape index (κ3) is 5.65. The molecule has 0 radical (unpaired) electrons. The largest absolute Gasteiger partial charge is 0.486 e. The zero-order valence-corrected chi connectivity index (χ0v) is 17.5. The molecular weight excluding hydrogens is 406 g/mol. The summed E-state index contributed by atoms with van der Waals surface area (Å²) >= 11 is 6.10. The number of rotatable bonds is 6. The molecule has 8 nitrogen and oxygen atoms in total. The Hall–Kier alpha value is -3.70. The molecule has 3 rings (SSSR count). The van der Waals surface area contributed by atoms with E-state index < -0.39 is 4.92 Å². The maximum Gasteiger partial charge on any atom is 0.293 e. The molecule has 0 bridgehead atoms. The lowest BCUT2D eigenvalue weighted by Crippen LogP contribution is -2.03. The topological polar surface area (TPSA) is 114 Å². The summed E-state index contributed by atoms with van der Waals surface area (Å²) in [5, 5.41) is 23.5. The molecule has 0 aliphatic carbocycles. The van der Waals surface area contributed by atoms with Gasteiger partial charge >= 0.3 is 0 Å². The number of hydrogen-bond donors (Lipinski definition) is 1. The van der Waals surface area contributed by atoms with Crippen LogP contribution in [0.25, 0.3) is 0 Å². The Bertz CT molecular complexity index is 1070. The van der Waals surface area contributed by atoms with E-state index in [1.54, 1.807) is 37.3 Å². The van der Waals surface area contributed by atoms with E-state index >= 15 is 0 Å². The van der Waals surface area contributed by atoms with Crippen LogP contribution in [-0.2, 0) is 6.61 Å². The Morgan fingerprint density at radius 3 is 2.57 bits per heavy atom. The van der Waals surface area contributed by atoms with Crippen molar-refractivity contribution in [3.63, 3.8) is 0 Å². The number of anilines is 2. The van der Waals surface area contributed by atoms with E-state index in [1.165, 1.54) is 18.5 Å². The van der Waals surface area contributed by atoms with Crippen molar-refractivity contribution in [1.82, 2.24) is 9.97 Å². The van der Waals surface area contributed by atoms with E-state index in [0.29, 0.717) is 33.1 Å². The highest BCUT2D eigenvalue weighted by atomic mass is 35.5. The highest BCUT2D eigenvalue weighted by molar-refractivity contribution is 6.31. The lowest BCUT2D eigenvalue weighted by atomic mass is 10.1. The number of halogens is 1. The number of aryl methyl sites for hydroxylation is 1. The molecule has 0 saturated heterocycles. The zero-order valence-electron chi connectivity index (χ0n) is 16.7. The molecule has 3 aromatic rings. The van der Waals surface area contributed by atoms with Crippen LogP contribution in [0.15, 0.2) is 48.8 Å². The van der Waals surface area contributed by atoms with Gasteiger partial charge in [0.1, 0.15) is 12.3 Å². The first-order valence-corrected chi connectivity index (χ1v) is 9.50. The third-order valence-electron chi connectivity index (χ3n) is 3.88. The number of ether oxygens (including phenoxy) is 1. The number of aromatic nitrogens is 2. The maximum atomic E-state index is 11.2. The first-order valence-electron chi connectivity index (χ1n) is 9.12. The van der Waals surface area contributed by atoms with Gasteiger partial charge in [-0.25, -0.2) is 9.97 Å². The van der Waals surface area contributed by atoms with E-state index in [9.17, 15) is 10.1 Å². The molecule has 154 valence electrons. The molecule has 9 heteroatoms. The number of benzene rings is 2. The summed E-state index contributed by atoms with van der Waals surface area (Å²) in [6.07, 6.45) is 2.89. The predicted molar refractivity (Wildman–Crippen MR) is 115 cm³/mol. The molecule has 1 N–H and O–H groups in total. The Morgan fingerprint density at radius 1 is 1.23 bits per heavy atom. The van der Waals surface area contributed by atoms with Crippen molar-refractivity contribution in [2.24, 2.45) is 0 Å². The van der Waals surface area contributed by atoms with Crippen LogP contribution in [-0.4, -0.2) is 14.9 Å². The third-order valence-corrected chi connectivity index (χ3v) is 4.25. The highest BCUT2D eigenvalue weighted by Gasteiger charge is 2.16. The maximum absolute atomic E-state index is 11.2. The van der Waals surface area contributed by atoms with Crippen molar-refractivity contribution >= 4 is 28.9 Å². The van der Waals surface area contributed by atoms with Crippen LogP contribution in [0.2, 0.25) is 5.02 Å². The summed E-state index contributed by atoms with van der Waals surface area (Å²) in [5.41, 5.74) is 2.12. The van der Waals surface area contributed by atoms with Gasteiger partial charge in [-0.1, -0.05) is 37.6 Å². The van der Waals surface area contributed by atoms with Gasteiger partial charge in [-0.3, -0.25) is 10.1 Å². The molecule has 0 atom stereocenters. The minimum absolute atomic E-state index is 0.0593. The summed E-state index contributed by atoms with van der Waals surface area (Å²) in [6.45, 7) is 5.90. The summed E-state index contributed by atoms with van der Waals surface area (Å²) in [5.74, 6) is 0.595. The van der Waals surface area contributed by atoms with Crippen LogP contribution in [0.3, 0.4) is 0 Å². The molecule has 0 aliphatic rings. The van der Waals surface area contributed by atoms with Crippen LogP contribution < -0.4 is 10.1 Å². The van der Waals surface area contributed by atoms with Gasteiger partial charge in [0.05, 0.1) is 28.9 Å². The second kappa shape index (κ2) is 10.7. The van der Waals surface area contributed by atoms with E-state index in [0.717, 1.165) is 0 Å². The molecule has 1 heterocycles. The van der Waals surface area contributed by atoms with Crippen LogP contribution in [0.4, 0.5) is 17.3 Å². The molecule has 0 aliphatic heterocycles. The molecule has 0 unspecified atom stereocenters. The van der Waals surface area contributed by atoms with Crippen LogP contribution in [0.5, 0.6) is 5.75 Å². The Kier molecular flexibility index (Phi) is 8.08. The fourth-order valence-corrected chi connectivity index (χ4v) is 2.62. The van der Waals surface area contributed by atoms with Crippen LogP contribution >= 0.6 is 11.6 Å². The Morgan fingerprint density at radius 2 is 1.93 bits per heavy atom. The first kappa shape index (κ1) is 22.6. The molecular formula is C21H20ClN5O3. The molecule has 0 saturated carbocycles. The van der Waals surface area contributed by atoms with Gasteiger partial charge in [0.25, 0.3) is 5.69 Å². The van der Waals surface area contributed by atoms with Crippen molar-refractivity contribution in [3.8, 4) is 11.8 Å². The molecule has 2 aromatic carbocycles. The fraction of sp³-hybridized carbons (Fsp3) is 0.190. The summed E-state index contributed by atoms with van der Waals surface area (Å²) < 4.78 is 5.61. The fourth-order valence-electron chi connectivity index (χ4n) is 2.45. The number of nitro groups is 1. The number of hydrogen-bond acceptors (Lipinski definition) is 7. The lowest BCUT2D eigenvalue weighted by Gasteiger charge is -2.10. The number of nitriles is 1. The van der Waals surface area contributed by atoms with E-state index in [4.69, 9.17) is 21.6 Å². The van der Waals surface area contributed by atoms with Gasteiger partial charge in [-0.05, 0) is 30.7 Å². The summed E-state index contributed by atoms with van der Waals surface area (Å²) in [7, 11) is 0. The monoisotopic (exact) mass is 425 g/mol. The van der Waals surface area contributed by atoms with Gasteiger partial charge in [0.15, 0.2) is 5.75 Å². The van der Waals surface area contributed by atoms with Crippen molar-refractivity contribution in [1.29, 1.82) is 5.26 Å². The molecule has 30 heavy (non-hydrogen) atoms. The number of para-hydroxylation sites is 1. The first-order chi connectivity index (χ1) is 14.5. The smallest absolute Gasteiger partial charge is 0.293 e. The standard InChI is InChI=1S/C19H14ClN5O3.C2H6/c1-12-3-2-4-17(25(26)27)18(12)24-19-22-9-15(10-23-19)28-11-14-7-13(8-21)5-6-16(14)20;1-2/h2-7,9-10H,11H2,1H3,(H,22,23,24);1-2H3. The van der Waals surface area contributed by atoms with E-state index in [1.807, 2.05) is 19.9 Å². The minimum Gasteiger partial charge on any atom is -0.486 e. The summed E-state index contributed by atoms with van der Waals surface area (Å²) in [4.78, 5) is 19.0. The van der Waals surface area contributed by atoms with Crippen LogP contribution in [0, 0.1) is 28.4 Å². The quantitative estimate of drug-likeness (QED) is 0.405. The Labute approximate surface area is 179 Å².